The molecule has 1 atom stereocenters. The first kappa shape index (κ1) is 18.1. The van der Waals surface area contributed by atoms with E-state index in [1.54, 1.807) is 6.92 Å². The van der Waals surface area contributed by atoms with Crippen molar-refractivity contribution in [2.24, 2.45) is 0 Å². The van der Waals surface area contributed by atoms with Crippen LogP contribution in [0.5, 0.6) is 0 Å². The number of benzene rings is 2. The molecule has 0 saturated carbocycles. The maximum absolute atomic E-state index is 12.4. The molecule has 0 aliphatic carbocycles. The molecule has 1 saturated heterocycles. The quantitative estimate of drug-likeness (QED) is 0.552. The summed E-state index contributed by atoms with van der Waals surface area (Å²) in [5.41, 5.74) is 2.57. The Bertz CT molecular complexity index is 906. The SMILES string of the molecule is C[C@H](OC(=O)c1ccc(C2SCCS2)cc1)c1nnc(-c2ccccc2)o1. The van der Waals surface area contributed by atoms with Crippen molar-refractivity contribution in [3.8, 4) is 11.5 Å². The largest absolute Gasteiger partial charge is 0.449 e. The van der Waals surface area contributed by atoms with Gasteiger partial charge in [-0.3, -0.25) is 0 Å². The van der Waals surface area contributed by atoms with Gasteiger partial charge in [-0.25, -0.2) is 4.79 Å². The van der Waals surface area contributed by atoms with Gasteiger partial charge in [-0.1, -0.05) is 30.3 Å². The first-order valence-corrected chi connectivity index (χ1v) is 10.7. The molecule has 1 aliphatic heterocycles. The molecule has 2 aromatic carbocycles. The fourth-order valence-electron chi connectivity index (χ4n) is 2.70. The fraction of sp³-hybridized carbons (Fsp3) is 0.250. The third kappa shape index (κ3) is 4.20. The van der Waals surface area contributed by atoms with Crippen LogP contribution < -0.4 is 0 Å². The zero-order valence-corrected chi connectivity index (χ0v) is 16.3. The van der Waals surface area contributed by atoms with E-state index < -0.39 is 12.1 Å². The maximum atomic E-state index is 12.4. The number of rotatable bonds is 5. The number of hydrogen-bond acceptors (Lipinski definition) is 7. The summed E-state index contributed by atoms with van der Waals surface area (Å²) in [5, 5.41) is 8.04. The summed E-state index contributed by atoms with van der Waals surface area (Å²) >= 11 is 3.87. The van der Waals surface area contributed by atoms with Crippen molar-refractivity contribution in [2.45, 2.75) is 17.6 Å². The van der Waals surface area contributed by atoms with E-state index in [2.05, 4.69) is 10.2 Å². The van der Waals surface area contributed by atoms with Gasteiger partial charge in [0.15, 0.2) is 6.10 Å². The molecule has 0 spiro atoms. The molecule has 2 heterocycles. The van der Waals surface area contributed by atoms with Gasteiger partial charge in [-0.2, -0.15) is 0 Å². The summed E-state index contributed by atoms with van der Waals surface area (Å²) in [6.07, 6.45) is -0.622. The van der Waals surface area contributed by atoms with Crippen LogP contribution in [0.1, 0.15) is 39.4 Å². The minimum absolute atomic E-state index is 0.276. The summed E-state index contributed by atoms with van der Waals surface area (Å²) in [5.74, 6) is 2.62. The van der Waals surface area contributed by atoms with Crippen molar-refractivity contribution in [3.05, 3.63) is 71.6 Å². The Morgan fingerprint density at radius 3 is 2.48 bits per heavy atom. The van der Waals surface area contributed by atoms with Crippen LogP contribution >= 0.6 is 23.5 Å². The molecule has 4 rings (SSSR count). The average Bonchev–Trinajstić information content (AvgIpc) is 3.41. The van der Waals surface area contributed by atoms with Crippen LogP contribution in [0.3, 0.4) is 0 Å². The first-order chi connectivity index (χ1) is 13.2. The van der Waals surface area contributed by atoms with E-state index in [1.165, 1.54) is 17.1 Å². The second kappa shape index (κ2) is 8.19. The Hall–Kier alpha value is -2.25. The van der Waals surface area contributed by atoms with Gasteiger partial charge in [0, 0.05) is 17.1 Å². The molecule has 0 N–H and O–H groups in total. The normalized spacial score (nSPS) is 15.6. The fourth-order valence-corrected chi connectivity index (χ4v) is 5.56. The van der Waals surface area contributed by atoms with Gasteiger partial charge in [0.1, 0.15) is 0 Å². The minimum atomic E-state index is -0.622. The standard InChI is InChI=1S/C20H18N2O3S2/c1-13(17-21-22-18(25-17)14-5-3-2-4-6-14)24-19(23)15-7-9-16(10-8-15)20-26-11-12-27-20/h2-10,13,20H,11-12H2,1H3/t13-/m0/s1. The molecule has 7 heteroatoms. The second-order valence-corrected chi connectivity index (χ2v) is 8.78. The molecule has 0 amide bonds. The van der Waals surface area contributed by atoms with Crippen LogP contribution in [0.15, 0.2) is 59.0 Å². The van der Waals surface area contributed by atoms with Crippen LogP contribution in [0.25, 0.3) is 11.5 Å². The summed E-state index contributed by atoms with van der Waals surface area (Å²) in [6, 6.07) is 17.1. The number of thioether (sulfide) groups is 2. The molecule has 138 valence electrons. The molecular weight excluding hydrogens is 380 g/mol. The molecule has 1 fully saturated rings. The lowest BCUT2D eigenvalue weighted by molar-refractivity contribution is 0.0280. The molecule has 0 bridgehead atoms. The van der Waals surface area contributed by atoms with E-state index in [9.17, 15) is 4.79 Å². The highest BCUT2D eigenvalue weighted by Crippen LogP contribution is 2.45. The number of carbonyl (C=O) groups is 1. The van der Waals surface area contributed by atoms with Crippen molar-refractivity contribution < 1.29 is 13.9 Å². The summed E-state index contributed by atoms with van der Waals surface area (Å²) in [7, 11) is 0. The van der Waals surface area contributed by atoms with Gasteiger partial charge in [0.05, 0.1) is 10.1 Å². The molecule has 27 heavy (non-hydrogen) atoms. The minimum Gasteiger partial charge on any atom is -0.449 e. The van der Waals surface area contributed by atoms with Crippen LogP contribution in [-0.2, 0) is 4.74 Å². The van der Waals surface area contributed by atoms with E-state index in [4.69, 9.17) is 9.15 Å². The lowest BCUT2D eigenvalue weighted by Gasteiger charge is -2.11. The molecule has 1 aliphatic rings. The van der Waals surface area contributed by atoms with E-state index >= 15 is 0 Å². The third-order valence-electron chi connectivity index (χ3n) is 4.13. The Labute approximate surface area is 165 Å². The van der Waals surface area contributed by atoms with Gasteiger partial charge < -0.3 is 9.15 Å². The highest BCUT2D eigenvalue weighted by molar-refractivity contribution is 8.19. The molecular formula is C20H18N2O3S2. The summed E-state index contributed by atoms with van der Waals surface area (Å²) in [4.78, 5) is 12.4. The zero-order chi connectivity index (χ0) is 18.6. The number of esters is 1. The van der Waals surface area contributed by atoms with Crippen molar-refractivity contribution in [2.75, 3.05) is 11.5 Å². The Balaban J connectivity index is 1.41. The van der Waals surface area contributed by atoms with Gasteiger partial charge >= 0.3 is 5.97 Å². The highest BCUT2D eigenvalue weighted by Gasteiger charge is 2.21. The van der Waals surface area contributed by atoms with Crippen molar-refractivity contribution in [1.82, 2.24) is 10.2 Å². The van der Waals surface area contributed by atoms with Crippen molar-refractivity contribution in [3.63, 3.8) is 0 Å². The van der Waals surface area contributed by atoms with Crippen LogP contribution in [0.4, 0.5) is 0 Å². The number of hydrogen-bond donors (Lipinski definition) is 0. The number of carbonyl (C=O) groups excluding carboxylic acids is 1. The zero-order valence-electron chi connectivity index (χ0n) is 14.7. The lowest BCUT2D eigenvalue weighted by Crippen LogP contribution is -2.09. The van der Waals surface area contributed by atoms with Crippen molar-refractivity contribution in [1.29, 1.82) is 0 Å². The Morgan fingerprint density at radius 1 is 1.07 bits per heavy atom. The average molecular weight is 399 g/mol. The Morgan fingerprint density at radius 2 is 1.78 bits per heavy atom. The third-order valence-corrected chi connectivity index (χ3v) is 7.24. The van der Waals surface area contributed by atoms with Gasteiger partial charge in [-0.15, -0.1) is 33.7 Å². The van der Waals surface area contributed by atoms with Crippen LogP contribution in [0, 0.1) is 0 Å². The lowest BCUT2D eigenvalue weighted by atomic mass is 10.1. The predicted molar refractivity (Wildman–Crippen MR) is 108 cm³/mol. The van der Waals surface area contributed by atoms with E-state index in [0.29, 0.717) is 16.0 Å². The molecule has 5 nitrogen and oxygen atoms in total. The summed E-state index contributed by atoms with van der Waals surface area (Å²) < 4.78 is 11.6. The smallest absolute Gasteiger partial charge is 0.338 e. The van der Waals surface area contributed by atoms with Gasteiger partial charge in [0.25, 0.3) is 5.89 Å². The maximum Gasteiger partial charge on any atom is 0.338 e. The number of ether oxygens (including phenoxy) is 1. The summed E-state index contributed by atoms with van der Waals surface area (Å²) in [6.45, 7) is 1.72. The first-order valence-electron chi connectivity index (χ1n) is 8.63. The van der Waals surface area contributed by atoms with E-state index in [0.717, 1.165) is 5.56 Å². The second-order valence-electron chi connectivity index (χ2n) is 6.05. The van der Waals surface area contributed by atoms with E-state index in [1.807, 2.05) is 78.1 Å². The van der Waals surface area contributed by atoms with Crippen LogP contribution in [-0.4, -0.2) is 27.7 Å². The molecule has 3 aromatic rings. The number of aromatic nitrogens is 2. The molecule has 0 radical (unpaired) electrons. The number of nitrogens with zero attached hydrogens (tertiary/aromatic N) is 2. The van der Waals surface area contributed by atoms with Gasteiger partial charge in [0.2, 0.25) is 5.89 Å². The predicted octanol–water partition coefficient (Wildman–Crippen LogP) is 5.13. The van der Waals surface area contributed by atoms with Crippen LogP contribution in [0.2, 0.25) is 0 Å². The molecule has 0 unspecified atom stereocenters. The molecule has 1 aromatic heterocycles. The topological polar surface area (TPSA) is 65.2 Å². The van der Waals surface area contributed by atoms with E-state index in [-0.39, 0.29) is 5.89 Å². The van der Waals surface area contributed by atoms with Gasteiger partial charge in [-0.05, 0) is 36.8 Å². The highest BCUT2D eigenvalue weighted by atomic mass is 32.2. The monoisotopic (exact) mass is 398 g/mol. The Kier molecular flexibility index (Phi) is 5.50. The van der Waals surface area contributed by atoms with Crippen molar-refractivity contribution >= 4 is 29.5 Å².